The summed E-state index contributed by atoms with van der Waals surface area (Å²) in [6, 6.07) is 13.3. The van der Waals surface area contributed by atoms with Gasteiger partial charge in [0, 0.05) is 10.6 Å². The molecule has 0 atom stereocenters. The van der Waals surface area contributed by atoms with Gasteiger partial charge >= 0.3 is 0 Å². The summed E-state index contributed by atoms with van der Waals surface area (Å²) in [6.45, 7) is 1.90. The minimum atomic E-state index is -1.46. The van der Waals surface area contributed by atoms with Crippen LogP contribution in [0.25, 0.3) is 6.08 Å². The van der Waals surface area contributed by atoms with Gasteiger partial charge in [-0.1, -0.05) is 41.4 Å². The van der Waals surface area contributed by atoms with Crippen LogP contribution in [0.2, 0.25) is 5.02 Å². The van der Waals surface area contributed by atoms with E-state index < -0.39 is 11.9 Å². The highest BCUT2D eigenvalue weighted by Crippen LogP contribution is 2.12. The number of amides is 1. The molecular formula is C17H13ClNO3-. The molecule has 2 aromatic carbocycles. The zero-order valence-corrected chi connectivity index (χ0v) is 12.6. The highest BCUT2D eigenvalue weighted by Gasteiger charge is 2.08. The van der Waals surface area contributed by atoms with Gasteiger partial charge in [0.2, 0.25) is 0 Å². The first-order valence-corrected chi connectivity index (χ1v) is 6.90. The number of carboxylic acid groups (broad SMARTS) is 1. The third kappa shape index (κ3) is 4.20. The van der Waals surface area contributed by atoms with Gasteiger partial charge in [-0.15, -0.1) is 0 Å². The number of hydrogen-bond acceptors (Lipinski definition) is 3. The van der Waals surface area contributed by atoms with Crippen LogP contribution < -0.4 is 10.4 Å². The van der Waals surface area contributed by atoms with E-state index >= 15 is 0 Å². The average molecular weight is 315 g/mol. The minimum Gasteiger partial charge on any atom is -0.543 e. The van der Waals surface area contributed by atoms with Crippen molar-refractivity contribution in [2.45, 2.75) is 6.92 Å². The van der Waals surface area contributed by atoms with E-state index in [4.69, 9.17) is 11.6 Å². The molecule has 0 aliphatic carbocycles. The summed E-state index contributed by atoms with van der Waals surface area (Å²) in [5.41, 5.74) is 1.66. The normalized spacial score (nSPS) is 11.1. The Morgan fingerprint density at radius 1 is 1.05 bits per heavy atom. The molecule has 0 fully saturated rings. The third-order valence-corrected chi connectivity index (χ3v) is 3.21. The highest BCUT2D eigenvalue weighted by atomic mass is 35.5. The van der Waals surface area contributed by atoms with E-state index in [0.29, 0.717) is 16.1 Å². The molecule has 0 aliphatic heterocycles. The van der Waals surface area contributed by atoms with Gasteiger partial charge in [0.15, 0.2) is 0 Å². The molecule has 4 nitrogen and oxygen atoms in total. The number of aryl methyl sites for hydroxylation is 1. The van der Waals surface area contributed by atoms with E-state index in [0.717, 1.165) is 5.56 Å². The first-order valence-electron chi connectivity index (χ1n) is 6.52. The molecular weight excluding hydrogens is 302 g/mol. The van der Waals surface area contributed by atoms with Crippen molar-refractivity contribution in [2.24, 2.45) is 0 Å². The molecule has 5 heteroatoms. The summed E-state index contributed by atoms with van der Waals surface area (Å²) in [5.74, 6) is -1.97. The summed E-state index contributed by atoms with van der Waals surface area (Å²) in [7, 11) is 0. The topological polar surface area (TPSA) is 69.2 Å². The molecule has 1 N–H and O–H groups in total. The average Bonchev–Trinajstić information content (AvgIpc) is 2.49. The maximum Gasteiger partial charge on any atom is 0.255 e. The largest absolute Gasteiger partial charge is 0.543 e. The highest BCUT2D eigenvalue weighted by molar-refractivity contribution is 6.30. The van der Waals surface area contributed by atoms with Gasteiger partial charge in [-0.25, -0.2) is 0 Å². The predicted octanol–water partition coefficient (Wildman–Crippen LogP) is 2.17. The van der Waals surface area contributed by atoms with Crippen molar-refractivity contribution in [2.75, 3.05) is 0 Å². The molecule has 22 heavy (non-hydrogen) atoms. The Kier molecular flexibility index (Phi) is 4.96. The lowest BCUT2D eigenvalue weighted by molar-refractivity contribution is -0.299. The number of benzene rings is 2. The number of aliphatic carboxylic acids is 1. The zero-order chi connectivity index (χ0) is 16.1. The molecule has 0 spiro atoms. The lowest BCUT2D eigenvalue weighted by Gasteiger charge is -2.11. The number of carbonyl (C=O) groups excluding carboxylic acids is 2. The smallest absolute Gasteiger partial charge is 0.255 e. The number of nitrogens with one attached hydrogen (secondary N) is 1. The lowest BCUT2D eigenvalue weighted by Crippen LogP contribution is -2.35. The maximum absolute atomic E-state index is 12.1. The molecule has 2 rings (SSSR count). The molecule has 0 radical (unpaired) electrons. The summed E-state index contributed by atoms with van der Waals surface area (Å²) in [6.07, 6.45) is 1.32. The predicted molar refractivity (Wildman–Crippen MR) is 83.1 cm³/mol. The monoisotopic (exact) mass is 314 g/mol. The number of halogens is 1. The van der Waals surface area contributed by atoms with Gasteiger partial charge in [0.05, 0.1) is 11.7 Å². The van der Waals surface area contributed by atoms with Crippen LogP contribution in [0.5, 0.6) is 0 Å². The second-order valence-corrected chi connectivity index (χ2v) is 5.15. The summed E-state index contributed by atoms with van der Waals surface area (Å²) in [5, 5.41) is 14.1. The molecule has 0 aromatic heterocycles. The van der Waals surface area contributed by atoms with E-state index in [1.165, 1.54) is 6.08 Å². The van der Waals surface area contributed by atoms with Gasteiger partial charge in [-0.3, -0.25) is 4.79 Å². The molecule has 1 amide bonds. The van der Waals surface area contributed by atoms with Crippen molar-refractivity contribution in [3.8, 4) is 0 Å². The Hall–Kier alpha value is -2.59. The van der Waals surface area contributed by atoms with Crippen LogP contribution in [0, 0.1) is 6.92 Å². The van der Waals surface area contributed by atoms with Crippen LogP contribution in [-0.4, -0.2) is 11.9 Å². The van der Waals surface area contributed by atoms with Crippen LogP contribution in [0.15, 0.2) is 54.2 Å². The van der Waals surface area contributed by atoms with E-state index in [-0.39, 0.29) is 5.70 Å². The SMILES string of the molecule is Cc1ccc(C(=O)N/C(=C\c2ccc(Cl)cc2)C(=O)[O-])cc1. The van der Waals surface area contributed by atoms with Gasteiger partial charge in [-0.05, 0) is 42.8 Å². The first-order chi connectivity index (χ1) is 10.5. The van der Waals surface area contributed by atoms with Gasteiger partial charge in [0.25, 0.3) is 5.91 Å². The molecule has 2 aromatic rings. The number of rotatable bonds is 4. The number of carbonyl (C=O) groups is 2. The third-order valence-electron chi connectivity index (χ3n) is 2.96. The summed E-state index contributed by atoms with van der Waals surface area (Å²) < 4.78 is 0. The van der Waals surface area contributed by atoms with Crippen molar-refractivity contribution < 1.29 is 14.7 Å². The van der Waals surface area contributed by atoms with Crippen LogP contribution >= 0.6 is 11.6 Å². The van der Waals surface area contributed by atoms with Crippen molar-refractivity contribution in [1.29, 1.82) is 0 Å². The number of carboxylic acids is 1. The van der Waals surface area contributed by atoms with Crippen molar-refractivity contribution in [3.63, 3.8) is 0 Å². The van der Waals surface area contributed by atoms with E-state index in [1.807, 2.05) is 6.92 Å². The lowest BCUT2D eigenvalue weighted by atomic mass is 10.1. The molecule has 0 saturated carbocycles. The molecule has 0 bridgehead atoms. The fourth-order valence-corrected chi connectivity index (χ4v) is 1.90. The fourth-order valence-electron chi connectivity index (χ4n) is 1.77. The first kappa shape index (κ1) is 15.8. The van der Waals surface area contributed by atoms with E-state index in [1.54, 1.807) is 48.5 Å². The maximum atomic E-state index is 12.1. The summed E-state index contributed by atoms with van der Waals surface area (Å²) >= 11 is 5.77. The standard InChI is InChI=1S/C17H14ClNO3/c1-11-2-6-13(7-3-11)16(20)19-15(17(21)22)10-12-4-8-14(18)9-5-12/h2-10H,1H3,(H,19,20)(H,21,22)/p-1/b15-10-. The molecule has 0 unspecified atom stereocenters. The van der Waals surface area contributed by atoms with Crippen molar-refractivity contribution >= 4 is 29.6 Å². The fraction of sp³-hybridized carbons (Fsp3) is 0.0588. The van der Waals surface area contributed by atoms with Gasteiger partial charge in [-0.2, -0.15) is 0 Å². The quantitative estimate of drug-likeness (QED) is 0.879. The second-order valence-electron chi connectivity index (χ2n) is 4.72. The zero-order valence-electron chi connectivity index (χ0n) is 11.8. The van der Waals surface area contributed by atoms with Crippen LogP contribution in [0.3, 0.4) is 0 Å². The molecule has 112 valence electrons. The van der Waals surface area contributed by atoms with Gasteiger partial charge < -0.3 is 15.2 Å². The molecule has 0 heterocycles. The summed E-state index contributed by atoms with van der Waals surface area (Å²) in [4.78, 5) is 23.2. The number of hydrogen-bond donors (Lipinski definition) is 1. The molecule has 0 aliphatic rings. The Bertz CT molecular complexity index is 719. The Labute approximate surface area is 133 Å². The van der Waals surface area contributed by atoms with Crippen LogP contribution in [0.4, 0.5) is 0 Å². The Morgan fingerprint density at radius 2 is 1.64 bits per heavy atom. The molecule has 0 saturated heterocycles. The van der Waals surface area contributed by atoms with Crippen molar-refractivity contribution in [3.05, 3.63) is 75.9 Å². The Balaban J connectivity index is 2.21. The van der Waals surface area contributed by atoms with Crippen molar-refractivity contribution in [1.82, 2.24) is 5.32 Å². The minimum absolute atomic E-state index is 0.312. The van der Waals surface area contributed by atoms with Crippen LogP contribution in [0.1, 0.15) is 21.5 Å². The van der Waals surface area contributed by atoms with E-state index in [9.17, 15) is 14.7 Å². The Morgan fingerprint density at radius 3 is 2.18 bits per heavy atom. The van der Waals surface area contributed by atoms with Crippen LogP contribution in [-0.2, 0) is 4.79 Å². The second kappa shape index (κ2) is 6.91. The van der Waals surface area contributed by atoms with Gasteiger partial charge in [0.1, 0.15) is 0 Å². The van der Waals surface area contributed by atoms with E-state index in [2.05, 4.69) is 5.32 Å².